The number of nitro benzene ring substituents is 1. The zero-order valence-electron chi connectivity index (χ0n) is 16.2. The summed E-state index contributed by atoms with van der Waals surface area (Å²) in [6.07, 6.45) is 1.88. The van der Waals surface area contributed by atoms with E-state index in [1.807, 2.05) is 29.5 Å². The maximum absolute atomic E-state index is 13.0. The van der Waals surface area contributed by atoms with Gasteiger partial charge in [-0.15, -0.1) is 11.3 Å². The van der Waals surface area contributed by atoms with Crippen LogP contribution in [-0.2, 0) is 10.0 Å². The highest BCUT2D eigenvalue weighted by molar-refractivity contribution is 7.89. The Balaban J connectivity index is 1.68. The normalized spacial score (nSPS) is 21.6. The largest absolute Gasteiger partial charge is 0.358 e. The highest BCUT2D eigenvalue weighted by Crippen LogP contribution is 2.42. The third-order valence-electron chi connectivity index (χ3n) is 5.68. The summed E-state index contributed by atoms with van der Waals surface area (Å²) >= 11 is 1.64. The van der Waals surface area contributed by atoms with Crippen molar-refractivity contribution in [2.75, 3.05) is 44.7 Å². The first kappa shape index (κ1) is 20.3. The van der Waals surface area contributed by atoms with Crippen molar-refractivity contribution in [1.82, 2.24) is 9.21 Å². The Morgan fingerprint density at radius 2 is 1.90 bits per heavy atom. The van der Waals surface area contributed by atoms with Crippen LogP contribution >= 0.6 is 11.3 Å². The van der Waals surface area contributed by atoms with E-state index in [2.05, 4.69) is 4.90 Å². The monoisotopic (exact) mass is 436 g/mol. The van der Waals surface area contributed by atoms with Crippen LogP contribution in [0.2, 0.25) is 0 Å². The van der Waals surface area contributed by atoms with Gasteiger partial charge >= 0.3 is 0 Å². The lowest BCUT2D eigenvalue weighted by Gasteiger charge is -2.31. The number of likely N-dealkylation sites (N-methyl/N-ethyl adjacent to an activating group) is 1. The van der Waals surface area contributed by atoms with Crippen molar-refractivity contribution in [2.45, 2.75) is 23.8 Å². The molecule has 0 amide bonds. The molecule has 2 aliphatic heterocycles. The number of hydrogen-bond acceptors (Lipinski definition) is 7. The van der Waals surface area contributed by atoms with Crippen LogP contribution < -0.4 is 4.90 Å². The van der Waals surface area contributed by atoms with E-state index in [9.17, 15) is 18.5 Å². The number of nitrogens with zero attached hydrogens (tertiary/aromatic N) is 4. The lowest BCUT2D eigenvalue weighted by atomic mass is 10.1. The quantitative estimate of drug-likeness (QED) is 0.529. The number of piperazine rings is 1. The smallest absolute Gasteiger partial charge is 0.293 e. The van der Waals surface area contributed by atoms with E-state index in [1.165, 1.54) is 21.3 Å². The van der Waals surface area contributed by atoms with E-state index < -0.39 is 14.9 Å². The summed E-state index contributed by atoms with van der Waals surface area (Å²) in [5, 5.41) is 13.8. The van der Waals surface area contributed by atoms with E-state index in [1.54, 1.807) is 17.4 Å². The topological polar surface area (TPSA) is 87.0 Å². The third-order valence-corrected chi connectivity index (χ3v) is 8.55. The zero-order chi connectivity index (χ0) is 20.6. The molecule has 0 spiro atoms. The van der Waals surface area contributed by atoms with Gasteiger partial charge in [-0.05, 0) is 43.5 Å². The summed E-state index contributed by atoms with van der Waals surface area (Å²) in [7, 11) is -1.80. The Hall–Kier alpha value is -2.01. The number of anilines is 1. The van der Waals surface area contributed by atoms with Crippen molar-refractivity contribution in [1.29, 1.82) is 0 Å². The lowest BCUT2D eigenvalue weighted by molar-refractivity contribution is -0.384. The maximum atomic E-state index is 13.0. The zero-order valence-corrected chi connectivity index (χ0v) is 17.9. The van der Waals surface area contributed by atoms with Crippen LogP contribution in [0.15, 0.2) is 40.6 Å². The first-order valence-electron chi connectivity index (χ1n) is 9.65. The number of nitro groups is 1. The minimum Gasteiger partial charge on any atom is -0.358 e. The Morgan fingerprint density at radius 3 is 2.55 bits per heavy atom. The van der Waals surface area contributed by atoms with Crippen LogP contribution in [0.5, 0.6) is 0 Å². The lowest BCUT2D eigenvalue weighted by Crippen LogP contribution is -2.47. The van der Waals surface area contributed by atoms with Crippen molar-refractivity contribution in [3.8, 4) is 0 Å². The van der Waals surface area contributed by atoms with E-state index in [0.29, 0.717) is 38.4 Å². The molecule has 0 N–H and O–H groups in total. The highest BCUT2D eigenvalue weighted by atomic mass is 32.2. The standard InChI is InChI=1S/C19H24N4O4S2/c1-20-9-11-21(12-10-20)29(26,27)15-6-7-16(18(14-15)23(24)25)22-8-2-4-17(22)19-5-3-13-28-19/h3,5-7,13-14,17H,2,4,8-12H2,1H3. The van der Waals surface area contributed by atoms with Crippen molar-refractivity contribution in [3.63, 3.8) is 0 Å². The molecule has 156 valence electrons. The molecule has 1 atom stereocenters. The Bertz CT molecular complexity index is 986. The van der Waals surface area contributed by atoms with Gasteiger partial charge in [-0.3, -0.25) is 10.1 Å². The van der Waals surface area contributed by atoms with Crippen LogP contribution in [0.25, 0.3) is 0 Å². The predicted octanol–water partition coefficient (Wildman–Crippen LogP) is 2.93. The average molecular weight is 437 g/mol. The Kier molecular flexibility index (Phi) is 5.60. The van der Waals surface area contributed by atoms with Gasteiger partial charge in [0, 0.05) is 43.7 Å². The minimum atomic E-state index is -3.75. The van der Waals surface area contributed by atoms with E-state index in [-0.39, 0.29) is 16.6 Å². The second-order valence-electron chi connectivity index (χ2n) is 7.48. The fourth-order valence-electron chi connectivity index (χ4n) is 4.06. The SMILES string of the molecule is CN1CCN(S(=O)(=O)c2ccc(N3CCCC3c3cccs3)c([N+](=O)[O-])c2)CC1. The molecule has 2 aromatic rings. The van der Waals surface area contributed by atoms with Gasteiger partial charge in [-0.25, -0.2) is 8.42 Å². The molecule has 0 aliphatic carbocycles. The summed E-state index contributed by atoms with van der Waals surface area (Å²) in [4.78, 5) is 16.6. The molecule has 29 heavy (non-hydrogen) atoms. The summed E-state index contributed by atoms with van der Waals surface area (Å²) in [5.41, 5.74) is 0.340. The molecule has 1 aromatic carbocycles. The van der Waals surface area contributed by atoms with Gasteiger partial charge in [-0.2, -0.15) is 4.31 Å². The molecule has 10 heteroatoms. The molecule has 4 rings (SSSR count). The number of hydrogen-bond donors (Lipinski definition) is 0. The number of rotatable bonds is 5. The first-order valence-corrected chi connectivity index (χ1v) is 12.0. The van der Waals surface area contributed by atoms with Crippen molar-refractivity contribution >= 4 is 32.7 Å². The van der Waals surface area contributed by atoms with Gasteiger partial charge in [0.2, 0.25) is 10.0 Å². The number of benzene rings is 1. The van der Waals surface area contributed by atoms with Gasteiger partial charge in [-0.1, -0.05) is 6.07 Å². The van der Waals surface area contributed by atoms with Crippen molar-refractivity contribution < 1.29 is 13.3 Å². The summed E-state index contributed by atoms with van der Waals surface area (Å²) in [6, 6.07) is 8.47. The van der Waals surface area contributed by atoms with Gasteiger partial charge in [0.25, 0.3) is 5.69 Å². The predicted molar refractivity (Wildman–Crippen MR) is 113 cm³/mol. The molecule has 0 bridgehead atoms. The molecule has 1 unspecified atom stereocenters. The molecule has 0 radical (unpaired) electrons. The minimum absolute atomic E-state index is 0.00984. The Labute approximate surface area is 174 Å². The molecule has 2 fully saturated rings. The van der Waals surface area contributed by atoms with E-state index >= 15 is 0 Å². The number of sulfonamides is 1. The summed E-state index contributed by atoms with van der Waals surface area (Å²) in [6.45, 7) is 2.79. The van der Waals surface area contributed by atoms with Crippen LogP contribution in [0, 0.1) is 10.1 Å². The van der Waals surface area contributed by atoms with E-state index in [0.717, 1.165) is 12.8 Å². The van der Waals surface area contributed by atoms with Gasteiger partial charge < -0.3 is 9.80 Å². The van der Waals surface area contributed by atoms with Crippen LogP contribution in [0.4, 0.5) is 11.4 Å². The van der Waals surface area contributed by atoms with Gasteiger partial charge in [0.05, 0.1) is 15.9 Å². The van der Waals surface area contributed by atoms with Crippen LogP contribution in [0.3, 0.4) is 0 Å². The summed E-state index contributed by atoms with van der Waals surface area (Å²) < 4.78 is 27.5. The molecular formula is C19H24N4O4S2. The van der Waals surface area contributed by atoms with Crippen molar-refractivity contribution in [3.05, 3.63) is 50.7 Å². The molecule has 8 nitrogen and oxygen atoms in total. The number of thiophene rings is 1. The van der Waals surface area contributed by atoms with Crippen LogP contribution in [0.1, 0.15) is 23.8 Å². The molecule has 2 saturated heterocycles. The Morgan fingerprint density at radius 1 is 1.14 bits per heavy atom. The fraction of sp³-hybridized carbons (Fsp3) is 0.474. The fourth-order valence-corrected chi connectivity index (χ4v) is 6.38. The maximum Gasteiger partial charge on any atom is 0.293 e. The molecular weight excluding hydrogens is 412 g/mol. The average Bonchev–Trinajstić information content (AvgIpc) is 3.39. The van der Waals surface area contributed by atoms with Crippen molar-refractivity contribution in [2.24, 2.45) is 0 Å². The van der Waals surface area contributed by atoms with Gasteiger partial charge in [0.1, 0.15) is 5.69 Å². The molecule has 1 aromatic heterocycles. The second-order valence-corrected chi connectivity index (χ2v) is 10.4. The summed E-state index contributed by atoms with van der Waals surface area (Å²) in [5.74, 6) is 0. The third kappa shape index (κ3) is 3.89. The first-order chi connectivity index (χ1) is 13.9. The van der Waals surface area contributed by atoms with E-state index in [4.69, 9.17) is 0 Å². The van der Waals surface area contributed by atoms with Gasteiger partial charge in [0.15, 0.2) is 0 Å². The molecule has 0 saturated carbocycles. The molecule has 2 aliphatic rings. The van der Waals surface area contributed by atoms with Crippen LogP contribution in [-0.4, -0.2) is 62.3 Å². The molecule has 3 heterocycles. The highest BCUT2D eigenvalue weighted by Gasteiger charge is 2.34. The second kappa shape index (κ2) is 8.02.